The number of halogens is 1. The van der Waals surface area contributed by atoms with Crippen LogP contribution >= 0.6 is 15.9 Å². The number of rotatable bonds is 1. The lowest BCUT2D eigenvalue weighted by atomic mass is 10.3. The van der Waals surface area contributed by atoms with E-state index in [2.05, 4.69) is 20.9 Å². The largest absolute Gasteiger partial charge is 0.399 e. The fraction of sp³-hybridized carbons (Fsp3) is 0.286. The van der Waals surface area contributed by atoms with Gasteiger partial charge in [-0.15, -0.1) is 0 Å². The summed E-state index contributed by atoms with van der Waals surface area (Å²) < 4.78 is 0. The molecule has 0 bridgehead atoms. The number of aromatic nitrogens is 1. The number of hydrogen-bond donors (Lipinski definition) is 1. The Morgan fingerprint density at radius 3 is 2.80 bits per heavy atom. The van der Waals surface area contributed by atoms with Gasteiger partial charge in [-0.1, -0.05) is 15.9 Å². The minimum atomic E-state index is 0.763. The van der Waals surface area contributed by atoms with Crippen LogP contribution in [0.15, 0.2) is 12.1 Å². The zero-order valence-electron chi connectivity index (χ0n) is 5.76. The van der Waals surface area contributed by atoms with E-state index in [4.69, 9.17) is 5.73 Å². The molecular weight excluding hydrogens is 192 g/mol. The molecule has 0 aliphatic rings. The molecule has 0 atom stereocenters. The van der Waals surface area contributed by atoms with Gasteiger partial charge in [0.05, 0.1) is 5.69 Å². The van der Waals surface area contributed by atoms with E-state index in [0.717, 1.165) is 22.4 Å². The molecule has 10 heavy (non-hydrogen) atoms. The zero-order valence-corrected chi connectivity index (χ0v) is 7.35. The first-order valence-electron chi connectivity index (χ1n) is 3.01. The van der Waals surface area contributed by atoms with Crippen molar-refractivity contribution >= 4 is 21.6 Å². The maximum atomic E-state index is 5.57. The molecule has 2 N–H and O–H groups in total. The minimum absolute atomic E-state index is 0.763. The molecule has 1 aromatic rings. The summed E-state index contributed by atoms with van der Waals surface area (Å²) in [4.78, 5) is 4.23. The van der Waals surface area contributed by atoms with Gasteiger partial charge in [0.2, 0.25) is 0 Å². The Morgan fingerprint density at radius 2 is 2.30 bits per heavy atom. The number of nitrogens with zero attached hydrogens (tertiary/aromatic N) is 1. The number of nitrogens with two attached hydrogens (primary N) is 1. The van der Waals surface area contributed by atoms with Gasteiger partial charge in [0, 0.05) is 16.7 Å². The first-order valence-corrected chi connectivity index (χ1v) is 4.13. The Bertz CT molecular complexity index is 215. The highest BCUT2D eigenvalue weighted by atomic mass is 79.9. The molecule has 2 nitrogen and oxygen atoms in total. The van der Waals surface area contributed by atoms with Gasteiger partial charge in [0.1, 0.15) is 0 Å². The van der Waals surface area contributed by atoms with Crippen molar-refractivity contribution in [2.75, 3.05) is 5.73 Å². The molecule has 3 heteroatoms. The second kappa shape index (κ2) is 3.01. The van der Waals surface area contributed by atoms with Crippen LogP contribution in [-0.4, -0.2) is 4.98 Å². The molecule has 1 rings (SSSR count). The average Bonchev–Trinajstić information content (AvgIpc) is 1.85. The Kier molecular flexibility index (Phi) is 2.27. The molecule has 0 amide bonds. The summed E-state index contributed by atoms with van der Waals surface area (Å²) in [5.74, 6) is 0. The van der Waals surface area contributed by atoms with Crippen LogP contribution in [0.1, 0.15) is 11.4 Å². The van der Waals surface area contributed by atoms with Crippen molar-refractivity contribution in [3.8, 4) is 0 Å². The molecule has 0 saturated heterocycles. The lowest BCUT2D eigenvalue weighted by Crippen LogP contribution is -1.92. The van der Waals surface area contributed by atoms with E-state index in [1.54, 1.807) is 0 Å². The molecular formula is C7H9BrN2. The highest BCUT2D eigenvalue weighted by Crippen LogP contribution is 2.09. The smallest absolute Gasteiger partial charge is 0.0532 e. The molecule has 0 aliphatic carbocycles. The van der Waals surface area contributed by atoms with Crippen molar-refractivity contribution in [2.45, 2.75) is 12.3 Å². The predicted octanol–water partition coefficient (Wildman–Crippen LogP) is 1.87. The summed E-state index contributed by atoms with van der Waals surface area (Å²) in [7, 11) is 0. The van der Waals surface area contributed by atoms with Crippen LogP contribution in [-0.2, 0) is 5.33 Å². The van der Waals surface area contributed by atoms with Gasteiger partial charge in [-0.25, -0.2) is 0 Å². The second-order valence-corrected chi connectivity index (χ2v) is 2.73. The molecule has 0 fully saturated rings. The highest BCUT2D eigenvalue weighted by molar-refractivity contribution is 9.08. The summed E-state index contributed by atoms with van der Waals surface area (Å²) in [6.07, 6.45) is 0. The van der Waals surface area contributed by atoms with Crippen LogP contribution in [0.5, 0.6) is 0 Å². The molecule has 0 aliphatic heterocycles. The maximum absolute atomic E-state index is 5.57. The van der Waals surface area contributed by atoms with E-state index in [-0.39, 0.29) is 0 Å². The summed E-state index contributed by atoms with van der Waals surface area (Å²) >= 11 is 3.31. The molecule has 0 radical (unpaired) electrons. The van der Waals surface area contributed by atoms with Gasteiger partial charge in [-0.05, 0) is 19.1 Å². The van der Waals surface area contributed by atoms with Crippen molar-refractivity contribution in [2.24, 2.45) is 0 Å². The number of nitrogen functional groups attached to an aromatic ring is 1. The summed E-state index contributed by atoms with van der Waals surface area (Å²) in [6.45, 7) is 1.93. The Morgan fingerprint density at radius 1 is 1.60 bits per heavy atom. The Balaban J connectivity index is 3.06. The monoisotopic (exact) mass is 200 g/mol. The van der Waals surface area contributed by atoms with Crippen molar-refractivity contribution in [3.05, 3.63) is 23.5 Å². The fourth-order valence-corrected chi connectivity index (χ4v) is 1.12. The first-order chi connectivity index (χ1) is 4.72. The fourth-order valence-electron chi connectivity index (χ4n) is 0.835. The Hall–Kier alpha value is -0.570. The van der Waals surface area contributed by atoms with Crippen molar-refractivity contribution in [1.82, 2.24) is 4.98 Å². The van der Waals surface area contributed by atoms with Crippen molar-refractivity contribution in [3.63, 3.8) is 0 Å². The third-order valence-electron chi connectivity index (χ3n) is 1.17. The molecule has 0 spiro atoms. The predicted molar refractivity (Wildman–Crippen MR) is 46.0 cm³/mol. The number of anilines is 1. The van der Waals surface area contributed by atoms with E-state index >= 15 is 0 Å². The van der Waals surface area contributed by atoms with E-state index in [1.807, 2.05) is 19.1 Å². The van der Waals surface area contributed by atoms with Gasteiger partial charge in [0.15, 0.2) is 0 Å². The van der Waals surface area contributed by atoms with E-state index < -0.39 is 0 Å². The zero-order chi connectivity index (χ0) is 7.56. The van der Waals surface area contributed by atoms with Gasteiger partial charge in [0.25, 0.3) is 0 Å². The van der Waals surface area contributed by atoms with Crippen LogP contribution < -0.4 is 5.73 Å². The lowest BCUT2D eigenvalue weighted by Gasteiger charge is -1.98. The standard InChI is InChI=1S/C7H9BrN2/c1-5-2-6(9)3-7(4-8)10-5/h2-3H,4H2,1H3,(H2,9,10). The second-order valence-electron chi connectivity index (χ2n) is 2.17. The topological polar surface area (TPSA) is 38.9 Å². The molecule has 0 saturated carbocycles. The quantitative estimate of drug-likeness (QED) is 0.704. The van der Waals surface area contributed by atoms with Crippen molar-refractivity contribution < 1.29 is 0 Å². The van der Waals surface area contributed by atoms with Crippen LogP contribution in [0, 0.1) is 6.92 Å². The molecule has 54 valence electrons. The van der Waals surface area contributed by atoms with Crippen LogP contribution in [0.25, 0.3) is 0 Å². The average molecular weight is 201 g/mol. The minimum Gasteiger partial charge on any atom is -0.399 e. The molecule has 1 heterocycles. The SMILES string of the molecule is Cc1cc(N)cc(CBr)n1. The number of aryl methyl sites for hydroxylation is 1. The van der Waals surface area contributed by atoms with E-state index in [0.29, 0.717) is 0 Å². The number of alkyl halides is 1. The summed E-state index contributed by atoms with van der Waals surface area (Å²) in [5, 5.41) is 0.763. The molecule has 1 aromatic heterocycles. The van der Waals surface area contributed by atoms with Gasteiger partial charge < -0.3 is 5.73 Å². The molecule has 0 unspecified atom stereocenters. The molecule has 0 aromatic carbocycles. The number of hydrogen-bond acceptors (Lipinski definition) is 2. The van der Waals surface area contributed by atoms with Gasteiger partial charge >= 0.3 is 0 Å². The lowest BCUT2D eigenvalue weighted by molar-refractivity contribution is 1.12. The third-order valence-corrected chi connectivity index (χ3v) is 1.74. The van der Waals surface area contributed by atoms with Crippen LogP contribution in [0.4, 0.5) is 5.69 Å². The summed E-state index contributed by atoms with van der Waals surface area (Å²) in [6, 6.07) is 3.72. The summed E-state index contributed by atoms with van der Waals surface area (Å²) in [5.41, 5.74) is 8.30. The first kappa shape index (κ1) is 7.54. The number of pyridine rings is 1. The van der Waals surface area contributed by atoms with E-state index in [1.165, 1.54) is 0 Å². The van der Waals surface area contributed by atoms with E-state index in [9.17, 15) is 0 Å². The maximum Gasteiger partial charge on any atom is 0.0532 e. The van der Waals surface area contributed by atoms with Crippen LogP contribution in [0.3, 0.4) is 0 Å². The highest BCUT2D eigenvalue weighted by Gasteiger charge is 1.94. The third kappa shape index (κ3) is 1.70. The van der Waals surface area contributed by atoms with Gasteiger partial charge in [-0.3, -0.25) is 4.98 Å². The Labute approximate surface area is 68.6 Å². The normalized spacial score (nSPS) is 9.80. The van der Waals surface area contributed by atoms with Crippen molar-refractivity contribution in [1.29, 1.82) is 0 Å². The van der Waals surface area contributed by atoms with Gasteiger partial charge in [-0.2, -0.15) is 0 Å². The van der Waals surface area contributed by atoms with Crippen LogP contribution in [0.2, 0.25) is 0 Å².